The molecule has 0 radical (unpaired) electrons. The number of aromatic nitrogens is 5. The number of fused-ring (bicyclic) bond motifs is 2. The van der Waals surface area contributed by atoms with E-state index >= 15 is 0 Å². The maximum Gasteiger partial charge on any atom is 0.434 e. The lowest BCUT2D eigenvalue weighted by Gasteiger charge is -2.13. The fraction of sp³-hybridized carbons (Fsp3) is 0.188. The number of H-pyrrole nitrogens is 1. The Kier molecular flexibility index (Phi) is 3.49. The van der Waals surface area contributed by atoms with Gasteiger partial charge in [-0.1, -0.05) is 0 Å². The van der Waals surface area contributed by atoms with E-state index in [1.807, 2.05) is 0 Å². The van der Waals surface area contributed by atoms with E-state index in [1.54, 1.807) is 6.92 Å². The number of nitrogens with one attached hydrogen (secondary N) is 1. The Labute approximate surface area is 146 Å². The number of hydrogen-bond acceptors (Lipinski definition) is 3. The number of hydrogen-bond donors (Lipinski definition) is 1. The number of aromatic amines is 1. The monoisotopic (exact) mass is 385 g/mol. The van der Waals surface area contributed by atoms with E-state index in [0.717, 1.165) is 4.40 Å². The maximum absolute atomic E-state index is 13.5. The molecular formula is C16H9F6N5. The van der Waals surface area contributed by atoms with Crippen molar-refractivity contribution in [3.8, 4) is 11.1 Å². The molecular weight excluding hydrogens is 376 g/mol. The van der Waals surface area contributed by atoms with Crippen molar-refractivity contribution in [3.05, 3.63) is 47.8 Å². The highest BCUT2D eigenvalue weighted by Gasteiger charge is 2.39. The predicted octanol–water partition coefficient (Wildman–Crippen LogP) is 4.62. The van der Waals surface area contributed by atoms with Gasteiger partial charge in [0.25, 0.3) is 0 Å². The van der Waals surface area contributed by atoms with E-state index in [-0.39, 0.29) is 5.56 Å². The lowest BCUT2D eigenvalue weighted by molar-refractivity contribution is -0.141. The van der Waals surface area contributed by atoms with E-state index in [1.165, 1.54) is 18.3 Å². The molecule has 0 aliphatic carbocycles. The van der Waals surface area contributed by atoms with Crippen molar-refractivity contribution >= 4 is 16.6 Å². The summed E-state index contributed by atoms with van der Waals surface area (Å²) in [5, 5.41) is 7.07. The van der Waals surface area contributed by atoms with Crippen LogP contribution in [0.2, 0.25) is 0 Å². The Balaban J connectivity index is 2.10. The van der Waals surface area contributed by atoms with Crippen LogP contribution in [0.5, 0.6) is 0 Å². The Morgan fingerprint density at radius 2 is 1.78 bits per heavy atom. The lowest BCUT2D eigenvalue weighted by Crippen LogP contribution is -2.12. The first-order valence-corrected chi connectivity index (χ1v) is 7.52. The van der Waals surface area contributed by atoms with Crippen LogP contribution in [0.15, 0.2) is 30.9 Å². The van der Waals surface area contributed by atoms with Gasteiger partial charge in [-0.25, -0.2) is 9.97 Å². The topological polar surface area (TPSA) is 58.9 Å². The molecule has 4 rings (SSSR count). The van der Waals surface area contributed by atoms with E-state index in [9.17, 15) is 26.3 Å². The van der Waals surface area contributed by atoms with Crippen LogP contribution in [0.4, 0.5) is 26.3 Å². The Morgan fingerprint density at radius 1 is 1.04 bits per heavy atom. The molecule has 1 N–H and O–H groups in total. The molecule has 0 aliphatic heterocycles. The summed E-state index contributed by atoms with van der Waals surface area (Å²) in [4.78, 5) is 6.76. The van der Waals surface area contributed by atoms with Crippen LogP contribution in [0.3, 0.4) is 0 Å². The molecule has 4 aromatic rings. The zero-order valence-electron chi connectivity index (χ0n) is 13.4. The van der Waals surface area contributed by atoms with Crippen molar-refractivity contribution in [1.82, 2.24) is 24.6 Å². The molecule has 1 aromatic carbocycles. The third-order valence-electron chi connectivity index (χ3n) is 4.10. The van der Waals surface area contributed by atoms with Crippen molar-refractivity contribution in [1.29, 1.82) is 0 Å². The maximum atomic E-state index is 13.5. The zero-order valence-corrected chi connectivity index (χ0v) is 13.4. The van der Waals surface area contributed by atoms with Gasteiger partial charge in [0.2, 0.25) is 0 Å². The van der Waals surface area contributed by atoms with E-state index in [4.69, 9.17) is 0 Å². The summed E-state index contributed by atoms with van der Waals surface area (Å²) in [7, 11) is 0. The molecule has 27 heavy (non-hydrogen) atoms. The van der Waals surface area contributed by atoms with Gasteiger partial charge in [-0.3, -0.25) is 9.50 Å². The normalized spacial score (nSPS) is 13.0. The summed E-state index contributed by atoms with van der Waals surface area (Å²) in [5.74, 6) is 0. The number of benzene rings is 1. The van der Waals surface area contributed by atoms with Gasteiger partial charge in [0.1, 0.15) is 12.0 Å². The fourth-order valence-electron chi connectivity index (χ4n) is 2.95. The molecule has 0 atom stereocenters. The molecule has 0 fully saturated rings. The molecule has 0 spiro atoms. The molecule has 0 aliphatic rings. The number of rotatable bonds is 1. The molecule has 0 unspecified atom stereocenters. The van der Waals surface area contributed by atoms with Gasteiger partial charge < -0.3 is 0 Å². The first-order chi connectivity index (χ1) is 12.6. The Hall–Kier alpha value is -3.11. The zero-order chi connectivity index (χ0) is 19.6. The number of nitrogens with zero attached hydrogens (tertiary/aromatic N) is 4. The quantitative estimate of drug-likeness (QED) is 0.487. The molecule has 140 valence electrons. The first kappa shape index (κ1) is 17.3. The van der Waals surface area contributed by atoms with Crippen LogP contribution in [-0.4, -0.2) is 24.6 Å². The van der Waals surface area contributed by atoms with Gasteiger partial charge in [0.15, 0.2) is 11.4 Å². The minimum atomic E-state index is -4.87. The second-order valence-electron chi connectivity index (χ2n) is 5.95. The van der Waals surface area contributed by atoms with Gasteiger partial charge in [-0.2, -0.15) is 31.4 Å². The number of alkyl halides is 6. The molecule has 3 heterocycles. The summed E-state index contributed by atoms with van der Waals surface area (Å²) >= 11 is 0. The van der Waals surface area contributed by atoms with Crippen LogP contribution in [-0.2, 0) is 12.4 Å². The molecule has 0 amide bonds. The van der Waals surface area contributed by atoms with Crippen LogP contribution in [0.25, 0.3) is 27.7 Å². The largest absolute Gasteiger partial charge is 0.434 e. The summed E-state index contributed by atoms with van der Waals surface area (Å²) in [6.07, 6.45) is -6.98. The third kappa shape index (κ3) is 2.78. The Morgan fingerprint density at radius 3 is 2.44 bits per heavy atom. The number of imidazole rings is 1. The number of aryl methyl sites for hydroxylation is 1. The van der Waals surface area contributed by atoms with Gasteiger partial charge in [-0.05, 0) is 30.2 Å². The van der Waals surface area contributed by atoms with E-state index in [0.29, 0.717) is 29.0 Å². The van der Waals surface area contributed by atoms with E-state index < -0.39 is 35.0 Å². The highest BCUT2D eigenvalue weighted by atomic mass is 19.4. The smallest absolute Gasteiger partial charge is 0.289 e. The lowest BCUT2D eigenvalue weighted by atomic mass is 10.00. The third-order valence-corrected chi connectivity index (χ3v) is 4.10. The summed E-state index contributed by atoms with van der Waals surface area (Å²) in [5.41, 5.74) is -2.36. The van der Waals surface area contributed by atoms with Gasteiger partial charge >= 0.3 is 12.4 Å². The van der Waals surface area contributed by atoms with Gasteiger partial charge in [0, 0.05) is 11.6 Å². The average Bonchev–Trinajstić information content (AvgIpc) is 3.18. The minimum Gasteiger partial charge on any atom is -0.289 e. The highest BCUT2D eigenvalue weighted by Crippen LogP contribution is 2.40. The van der Waals surface area contributed by atoms with Crippen molar-refractivity contribution in [3.63, 3.8) is 0 Å². The summed E-state index contributed by atoms with van der Waals surface area (Å²) < 4.78 is 80.4. The van der Waals surface area contributed by atoms with Crippen molar-refractivity contribution < 1.29 is 26.3 Å². The van der Waals surface area contributed by atoms with Gasteiger partial charge in [-0.15, -0.1) is 0 Å². The summed E-state index contributed by atoms with van der Waals surface area (Å²) in [6.45, 7) is 1.65. The fourth-order valence-corrected chi connectivity index (χ4v) is 2.95. The summed E-state index contributed by atoms with van der Waals surface area (Å²) in [6, 6.07) is 2.83. The van der Waals surface area contributed by atoms with Crippen molar-refractivity contribution in [2.45, 2.75) is 19.3 Å². The molecule has 5 nitrogen and oxygen atoms in total. The van der Waals surface area contributed by atoms with Gasteiger partial charge in [0.05, 0.1) is 17.3 Å². The second-order valence-corrected chi connectivity index (χ2v) is 5.95. The first-order valence-electron chi connectivity index (χ1n) is 7.52. The molecule has 3 aromatic heterocycles. The minimum absolute atomic E-state index is 0.0474. The Bertz CT molecular complexity index is 1170. The molecule has 0 saturated heterocycles. The van der Waals surface area contributed by atoms with Crippen molar-refractivity contribution in [2.75, 3.05) is 0 Å². The van der Waals surface area contributed by atoms with E-state index in [2.05, 4.69) is 20.2 Å². The second kappa shape index (κ2) is 5.44. The predicted molar refractivity (Wildman–Crippen MR) is 82.8 cm³/mol. The average molecular weight is 385 g/mol. The van der Waals surface area contributed by atoms with Crippen molar-refractivity contribution in [2.24, 2.45) is 0 Å². The van der Waals surface area contributed by atoms with Crippen LogP contribution in [0.1, 0.15) is 17.0 Å². The molecule has 11 heteroatoms. The molecule has 0 saturated carbocycles. The van der Waals surface area contributed by atoms with Crippen LogP contribution in [0, 0.1) is 6.92 Å². The standard InChI is InChI=1S/C16H9F6N5/c1-7-2-8(3-9-4-24-26-12(7)9)11-13(16(20,21)22)23-6-27-5-10(15(17,18)19)25-14(11)27/h2-6H,1H3,(H,24,26). The highest BCUT2D eigenvalue weighted by molar-refractivity contribution is 5.90. The SMILES string of the molecule is Cc1cc(-c2c(C(F)(F)F)ncn3cc(C(F)(F)F)nc23)cc2cn[nH]c12. The number of halogens is 6. The van der Waals surface area contributed by atoms with Crippen LogP contribution < -0.4 is 0 Å². The molecule has 0 bridgehead atoms. The van der Waals surface area contributed by atoms with Crippen LogP contribution >= 0.6 is 0 Å².